The van der Waals surface area contributed by atoms with Crippen molar-refractivity contribution in [2.45, 2.75) is 25.3 Å². The lowest BCUT2D eigenvalue weighted by atomic mass is 9.92. The number of hydrogen-bond acceptors (Lipinski definition) is 4. The first kappa shape index (κ1) is 15.3. The smallest absolute Gasteiger partial charge is 0.469 e. The van der Waals surface area contributed by atoms with E-state index in [1.54, 1.807) is 0 Å². The van der Waals surface area contributed by atoms with Gasteiger partial charge in [-0.1, -0.05) is 12.1 Å². The van der Waals surface area contributed by atoms with E-state index in [2.05, 4.69) is 9.47 Å². The fraction of sp³-hybridized carbons (Fsp3) is 0.417. The predicted molar refractivity (Wildman–Crippen MR) is 59.3 cm³/mol. The van der Waals surface area contributed by atoms with Gasteiger partial charge in [0.25, 0.3) is 0 Å². The molecule has 0 unspecified atom stereocenters. The van der Waals surface area contributed by atoms with E-state index in [-0.39, 0.29) is 12.0 Å². The molecule has 0 aliphatic rings. The molecule has 106 valence electrons. The standard InChI is InChI=1S/C12H13F3O4/c1-11(17,7-10(16)18-2)8-3-5-9(6-4-8)19-12(13,14)15/h3-6,17H,7H2,1-2H3/t11-/m0/s1. The van der Waals surface area contributed by atoms with E-state index in [4.69, 9.17) is 0 Å². The second-order valence-electron chi connectivity index (χ2n) is 4.10. The van der Waals surface area contributed by atoms with Crippen molar-refractivity contribution in [1.82, 2.24) is 0 Å². The number of alkyl halides is 3. The highest BCUT2D eigenvalue weighted by atomic mass is 19.4. The van der Waals surface area contributed by atoms with Crippen LogP contribution >= 0.6 is 0 Å². The van der Waals surface area contributed by atoms with Crippen molar-refractivity contribution in [3.8, 4) is 5.75 Å². The number of rotatable bonds is 4. The largest absolute Gasteiger partial charge is 0.573 e. The van der Waals surface area contributed by atoms with Gasteiger partial charge in [0.1, 0.15) is 5.75 Å². The summed E-state index contributed by atoms with van der Waals surface area (Å²) in [6.07, 6.45) is -5.07. The third-order valence-corrected chi connectivity index (χ3v) is 2.43. The fourth-order valence-electron chi connectivity index (χ4n) is 1.47. The Hall–Kier alpha value is -1.76. The monoisotopic (exact) mass is 278 g/mol. The minimum Gasteiger partial charge on any atom is -0.469 e. The Labute approximate surface area is 107 Å². The number of hydrogen-bond donors (Lipinski definition) is 1. The molecule has 0 spiro atoms. The molecular formula is C12H13F3O4. The van der Waals surface area contributed by atoms with Gasteiger partial charge in [0.15, 0.2) is 0 Å². The lowest BCUT2D eigenvalue weighted by Crippen LogP contribution is -2.25. The van der Waals surface area contributed by atoms with E-state index in [0.29, 0.717) is 0 Å². The third-order valence-electron chi connectivity index (χ3n) is 2.43. The summed E-state index contributed by atoms with van der Waals surface area (Å²) in [5.74, 6) is -1.02. The number of methoxy groups -OCH3 is 1. The van der Waals surface area contributed by atoms with Gasteiger partial charge in [-0.25, -0.2) is 0 Å². The van der Waals surface area contributed by atoms with Crippen LogP contribution in [0.1, 0.15) is 18.9 Å². The zero-order valence-electron chi connectivity index (χ0n) is 10.3. The SMILES string of the molecule is COC(=O)C[C@](C)(O)c1ccc(OC(F)(F)F)cc1. The van der Waals surface area contributed by atoms with E-state index >= 15 is 0 Å². The summed E-state index contributed by atoms with van der Waals surface area (Å²) < 4.78 is 44.0. The first-order valence-electron chi connectivity index (χ1n) is 5.29. The molecule has 1 N–H and O–H groups in total. The molecule has 0 heterocycles. The highest BCUT2D eigenvalue weighted by Crippen LogP contribution is 2.28. The lowest BCUT2D eigenvalue weighted by Gasteiger charge is -2.22. The number of halogens is 3. The van der Waals surface area contributed by atoms with Gasteiger partial charge in [-0.3, -0.25) is 4.79 Å². The first-order valence-corrected chi connectivity index (χ1v) is 5.29. The summed E-state index contributed by atoms with van der Waals surface area (Å²) >= 11 is 0. The Morgan fingerprint density at radius 2 is 1.79 bits per heavy atom. The number of aliphatic hydroxyl groups is 1. The highest BCUT2D eigenvalue weighted by Gasteiger charge is 2.32. The number of carbonyl (C=O) groups excluding carboxylic acids is 1. The molecule has 0 bridgehead atoms. The van der Waals surface area contributed by atoms with Crippen LogP contribution in [0.15, 0.2) is 24.3 Å². The van der Waals surface area contributed by atoms with E-state index in [9.17, 15) is 23.1 Å². The van der Waals surface area contributed by atoms with Crippen LogP contribution in [0.5, 0.6) is 5.75 Å². The summed E-state index contributed by atoms with van der Waals surface area (Å²) in [5.41, 5.74) is -1.24. The predicted octanol–water partition coefficient (Wildman–Crippen LogP) is 2.36. The van der Waals surface area contributed by atoms with Gasteiger partial charge in [0.05, 0.1) is 19.1 Å². The molecule has 0 saturated heterocycles. The summed E-state index contributed by atoms with van der Waals surface area (Å²) in [6.45, 7) is 1.36. The molecule has 0 aromatic heterocycles. The molecule has 7 heteroatoms. The molecule has 19 heavy (non-hydrogen) atoms. The summed E-state index contributed by atoms with van der Waals surface area (Å²) in [7, 11) is 1.18. The van der Waals surface area contributed by atoms with Crippen LogP contribution < -0.4 is 4.74 Å². The van der Waals surface area contributed by atoms with Crippen LogP contribution in [-0.4, -0.2) is 24.5 Å². The van der Waals surface area contributed by atoms with Gasteiger partial charge in [-0.05, 0) is 24.6 Å². The van der Waals surface area contributed by atoms with Crippen molar-refractivity contribution in [2.24, 2.45) is 0 Å². The van der Waals surface area contributed by atoms with Crippen LogP contribution in [0.25, 0.3) is 0 Å². The normalized spacial score (nSPS) is 14.6. The Bertz CT molecular complexity index is 437. The Balaban J connectivity index is 2.83. The van der Waals surface area contributed by atoms with Gasteiger partial charge in [0, 0.05) is 0 Å². The number of carbonyl (C=O) groups is 1. The van der Waals surface area contributed by atoms with Crippen molar-refractivity contribution >= 4 is 5.97 Å². The molecule has 0 radical (unpaired) electrons. The average Bonchev–Trinajstić information content (AvgIpc) is 2.26. The van der Waals surface area contributed by atoms with Crippen LogP contribution in [0, 0.1) is 0 Å². The van der Waals surface area contributed by atoms with Crippen LogP contribution in [-0.2, 0) is 15.1 Å². The molecule has 0 aliphatic heterocycles. The maximum Gasteiger partial charge on any atom is 0.573 e. The number of ether oxygens (including phenoxy) is 2. The van der Waals surface area contributed by atoms with E-state index in [0.717, 1.165) is 12.1 Å². The molecule has 0 aliphatic carbocycles. The Morgan fingerprint density at radius 1 is 1.26 bits per heavy atom. The van der Waals surface area contributed by atoms with Crippen molar-refractivity contribution in [2.75, 3.05) is 7.11 Å². The van der Waals surface area contributed by atoms with Gasteiger partial charge in [-0.2, -0.15) is 0 Å². The number of esters is 1. The zero-order valence-corrected chi connectivity index (χ0v) is 10.3. The van der Waals surface area contributed by atoms with Crippen LogP contribution in [0.2, 0.25) is 0 Å². The Morgan fingerprint density at radius 3 is 2.21 bits per heavy atom. The second kappa shape index (κ2) is 5.48. The number of benzene rings is 1. The average molecular weight is 278 g/mol. The second-order valence-corrected chi connectivity index (χ2v) is 4.10. The van der Waals surface area contributed by atoms with Crippen molar-refractivity contribution in [1.29, 1.82) is 0 Å². The van der Waals surface area contributed by atoms with Gasteiger partial charge >= 0.3 is 12.3 Å². The highest BCUT2D eigenvalue weighted by molar-refractivity contribution is 5.70. The maximum absolute atomic E-state index is 12.0. The Kier molecular flexibility index (Phi) is 4.41. The van der Waals surface area contributed by atoms with Crippen LogP contribution in [0.4, 0.5) is 13.2 Å². The van der Waals surface area contributed by atoms with E-state index in [1.807, 2.05) is 0 Å². The van der Waals surface area contributed by atoms with Gasteiger partial charge < -0.3 is 14.6 Å². The van der Waals surface area contributed by atoms with E-state index in [1.165, 1.54) is 26.2 Å². The molecule has 1 aromatic rings. The van der Waals surface area contributed by atoms with E-state index < -0.39 is 23.7 Å². The molecule has 0 fully saturated rings. The molecule has 1 rings (SSSR count). The van der Waals surface area contributed by atoms with Gasteiger partial charge in [0.2, 0.25) is 0 Å². The quantitative estimate of drug-likeness (QED) is 0.859. The topological polar surface area (TPSA) is 55.8 Å². The summed E-state index contributed by atoms with van der Waals surface area (Å²) in [6, 6.07) is 4.64. The minimum atomic E-state index is -4.77. The summed E-state index contributed by atoms with van der Waals surface area (Å²) in [4.78, 5) is 11.1. The zero-order chi connectivity index (χ0) is 14.7. The van der Waals surface area contributed by atoms with Crippen molar-refractivity contribution in [3.63, 3.8) is 0 Å². The van der Waals surface area contributed by atoms with Gasteiger partial charge in [-0.15, -0.1) is 13.2 Å². The minimum absolute atomic E-state index is 0.285. The molecule has 0 saturated carbocycles. The summed E-state index contributed by atoms with van der Waals surface area (Å²) in [5, 5.41) is 10.0. The molecule has 1 atom stereocenters. The van der Waals surface area contributed by atoms with Crippen molar-refractivity contribution < 1.29 is 32.5 Å². The molecule has 0 amide bonds. The first-order chi connectivity index (χ1) is 8.64. The third kappa shape index (κ3) is 4.78. The molecule has 4 nitrogen and oxygen atoms in total. The molecule has 1 aromatic carbocycles. The fourth-order valence-corrected chi connectivity index (χ4v) is 1.47. The van der Waals surface area contributed by atoms with Crippen molar-refractivity contribution in [3.05, 3.63) is 29.8 Å². The maximum atomic E-state index is 12.0. The lowest BCUT2D eigenvalue weighted by molar-refractivity contribution is -0.274. The molecular weight excluding hydrogens is 265 g/mol. The van der Waals surface area contributed by atoms with Crippen LogP contribution in [0.3, 0.4) is 0 Å².